The highest BCUT2D eigenvalue weighted by Gasteiger charge is 2.11. The number of aromatic nitrogens is 2. The molecular weight excluding hydrogens is 398 g/mol. The number of methoxy groups -OCH3 is 2. The normalized spacial score (nSPS) is 12.0. The van der Waals surface area contributed by atoms with E-state index in [4.69, 9.17) is 26.8 Å². The van der Waals surface area contributed by atoms with Crippen LogP contribution in [0.5, 0.6) is 5.75 Å². The summed E-state index contributed by atoms with van der Waals surface area (Å²) in [5.41, 5.74) is 6.42. The van der Waals surface area contributed by atoms with Crippen molar-refractivity contribution in [1.29, 1.82) is 0 Å². The summed E-state index contributed by atoms with van der Waals surface area (Å²) in [7, 11) is 3.30. The van der Waals surface area contributed by atoms with Gasteiger partial charge in [0.15, 0.2) is 5.11 Å². The maximum absolute atomic E-state index is 5.27. The van der Waals surface area contributed by atoms with Gasteiger partial charge in [0.25, 0.3) is 0 Å². The van der Waals surface area contributed by atoms with Crippen molar-refractivity contribution in [3.63, 3.8) is 0 Å². The molecule has 0 aliphatic rings. The third-order valence-electron chi connectivity index (χ3n) is 4.29. The molecule has 2 aromatic carbocycles. The number of hydrazone groups is 1. The zero-order valence-corrected chi connectivity index (χ0v) is 18.0. The van der Waals surface area contributed by atoms with Crippen molar-refractivity contribution >= 4 is 23.5 Å². The maximum atomic E-state index is 5.27. The number of hydrogen-bond acceptors (Lipinski definition) is 5. The van der Waals surface area contributed by atoms with Crippen molar-refractivity contribution < 1.29 is 9.47 Å². The van der Waals surface area contributed by atoms with Crippen molar-refractivity contribution in [1.82, 2.24) is 20.5 Å². The van der Waals surface area contributed by atoms with Gasteiger partial charge in [0.05, 0.1) is 25.6 Å². The SMILES string of the molecule is COC[C@@H](C)NC(=S)N/N=C\c1cn(-c2ccccc2)nc1-c1ccc(OC)cc1. The summed E-state index contributed by atoms with van der Waals surface area (Å²) in [5.74, 6) is 0.791. The Hall–Kier alpha value is -3.23. The van der Waals surface area contributed by atoms with Crippen LogP contribution in [0.25, 0.3) is 16.9 Å². The molecule has 1 aromatic heterocycles. The molecule has 0 amide bonds. The largest absolute Gasteiger partial charge is 0.497 e. The Balaban J connectivity index is 1.84. The second kappa shape index (κ2) is 10.5. The summed E-state index contributed by atoms with van der Waals surface area (Å²) in [6.45, 7) is 2.53. The first-order valence-electron chi connectivity index (χ1n) is 9.48. The second-order valence-corrected chi connectivity index (χ2v) is 7.05. The Bertz CT molecular complexity index is 987. The monoisotopic (exact) mass is 423 g/mol. The first kappa shape index (κ1) is 21.5. The molecule has 7 nitrogen and oxygen atoms in total. The molecule has 2 N–H and O–H groups in total. The predicted octanol–water partition coefficient (Wildman–Crippen LogP) is 3.38. The Morgan fingerprint density at radius 1 is 1.17 bits per heavy atom. The zero-order valence-electron chi connectivity index (χ0n) is 17.2. The Kier molecular flexibility index (Phi) is 7.53. The molecule has 0 saturated heterocycles. The minimum atomic E-state index is 0.0842. The molecular formula is C22H25N5O2S. The molecule has 0 aliphatic carbocycles. The third-order valence-corrected chi connectivity index (χ3v) is 4.50. The van der Waals surface area contributed by atoms with Crippen molar-refractivity contribution in [2.75, 3.05) is 20.8 Å². The van der Waals surface area contributed by atoms with E-state index in [9.17, 15) is 0 Å². The van der Waals surface area contributed by atoms with Gasteiger partial charge in [0.2, 0.25) is 0 Å². The molecule has 156 valence electrons. The number of nitrogens with zero attached hydrogens (tertiary/aromatic N) is 3. The lowest BCUT2D eigenvalue weighted by atomic mass is 10.1. The molecule has 0 spiro atoms. The fraction of sp³-hybridized carbons (Fsp3) is 0.227. The summed E-state index contributed by atoms with van der Waals surface area (Å²) in [6, 6.07) is 17.8. The van der Waals surface area contributed by atoms with Crippen LogP contribution >= 0.6 is 12.2 Å². The number of para-hydroxylation sites is 1. The molecule has 0 saturated carbocycles. The van der Waals surface area contributed by atoms with Crippen LogP contribution < -0.4 is 15.5 Å². The first-order valence-corrected chi connectivity index (χ1v) is 9.89. The summed E-state index contributed by atoms with van der Waals surface area (Å²) in [6.07, 6.45) is 3.64. The molecule has 8 heteroatoms. The number of hydrogen-bond donors (Lipinski definition) is 2. The van der Waals surface area contributed by atoms with E-state index >= 15 is 0 Å². The molecule has 0 bridgehead atoms. The maximum Gasteiger partial charge on any atom is 0.187 e. The van der Waals surface area contributed by atoms with Gasteiger partial charge in [0.1, 0.15) is 11.4 Å². The number of nitrogens with one attached hydrogen (secondary N) is 2. The van der Waals surface area contributed by atoms with E-state index < -0.39 is 0 Å². The molecule has 0 fully saturated rings. The van der Waals surface area contributed by atoms with E-state index in [1.165, 1.54) is 0 Å². The van der Waals surface area contributed by atoms with E-state index in [0.29, 0.717) is 11.7 Å². The van der Waals surface area contributed by atoms with E-state index in [0.717, 1.165) is 28.3 Å². The molecule has 3 aromatic rings. The van der Waals surface area contributed by atoms with Gasteiger partial charge in [-0.25, -0.2) is 4.68 Å². The van der Waals surface area contributed by atoms with Gasteiger partial charge in [-0.3, -0.25) is 5.43 Å². The fourth-order valence-electron chi connectivity index (χ4n) is 2.88. The number of rotatable bonds is 8. The van der Waals surface area contributed by atoms with Crippen LogP contribution in [0.15, 0.2) is 65.9 Å². The van der Waals surface area contributed by atoms with Crippen molar-refractivity contribution in [3.8, 4) is 22.7 Å². The summed E-state index contributed by atoms with van der Waals surface area (Å²) < 4.78 is 12.2. The van der Waals surface area contributed by atoms with E-state index in [-0.39, 0.29) is 6.04 Å². The standard InChI is InChI=1S/C22H25N5O2S/c1-16(15-28-2)24-22(30)25-23-13-18-14-27(19-7-5-4-6-8-19)26-21(18)17-9-11-20(29-3)12-10-17/h4-14,16H,15H2,1-3H3,(H2,24,25,30)/b23-13-/t16-/m1/s1. The molecule has 1 heterocycles. The molecule has 0 aliphatic heterocycles. The predicted molar refractivity (Wildman–Crippen MR) is 123 cm³/mol. The van der Waals surface area contributed by atoms with Crippen LogP contribution in [0.3, 0.4) is 0 Å². The third kappa shape index (κ3) is 5.65. The van der Waals surface area contributed by atoms with E-state index in [1.54, 1.807) is 20.4 Å². The highest BCUT2D eigenvalue weighted by molar-refractivity contribution is 7.80. The van der Waals surface area contributed by atoms with Crippen LogP contribution in [-0.4, -0.2) is 48.0 Å². The second-order valence-electron chi connectivity index (χ2n) is 6.64. The van der Waals surface area contributed by atoms with Gasteiger partial charge in [-0.15, -0.1) is 0 Å². The van der Waals surface area contributed by atoms with Gasteiger partial charge in [-0.05, 0) is 55.5 Å². The van der Waals surface area contributed by atoms with Crippen molar-refractivity contribution in [2.45, 2.75) is 13.0 Å². The van der Waals surface area contributed by atoms with Gasteiger partial charge in [-0.1, -0.05) is 18.2 Å². The van der Waals surface area contributed by atoms with Crippen molar-refractivity contribution in [2.24, 2.45) is 5.10 Å². The van der Waals surface area contributed by atoms with E-state index in [1.807, 2.05) is 72.4 Å². The first-order chi connectivity index (χ1) is 14.6. The van der Waals surface area contributed by atoms with Crippen LogP contribution in [0, 0.1) is 0 Å². The summed E-state index contributed by atoms with van der Waals surface area (Å²) in [5, 5.41) is 12.6. The van der Waals surface area contributed by atoms with Gasteiger partial charge in [0, 0.05) is 30.5 Å². The highest BCUT2D eigenvalue weighted by Crippen LogP contribution is 2.24. The Morgan fingerprint density at radius 3 is 2.57 bits per heavy atom. The number of thiocarbonyl (C=S) groups is 1. The van der Waals surface area contributed by atoms with Crippen LogP contribution in [0.1, 0.15) is 12.5 Å². The Labute approximate surface area is 181 Å². The van der Waals surface area contributed by atoms with Gasteiger partial charge in [-0.2, -0.15) is 10.2 Å². The average molecular weight is 424 g/mol. The summed E-state index contributed by atoms with van der Waals surface area (Å²) >= 11 is 5.27. The number of ether oxygens (including phenoxy) is 2. The smallest absolute Gasteiger partial charge is 0.187 e. The zero-order chi connectivity index (χ0) is 21.3. The summed E-state index contributed by atoms with van der Waals surface area (Å²) in [4.78, 5) is 0. The van der Waals surface area contributed by atoms with Crippen LogP contribution in [-0.2, 0) is 4.74 Å². The highest BCUT2D eigenvalue weighted by atomic mass is 32.1. The molecule has 0 unspecified atom stereocenters. The topological polar surface area (TPSA) is 72.7 Å². The van der Waals surface area contributed by atoms with Gasteiger partial charge >= 0.3 is 0 Å². The molecule has 1 atom stereocenters. The average Bonchev–Trinajstić information content (AvgIpc) is 3.18. The van der Waals surface area contributed by atoms with Crippen molar-refractivity contribution in [3.05, 3.63) is 66.4 Å². The Morgan fingerprint density at radius 2 is 1.90 bits per heavy atom. The van der Waals surface area contributed by atoms with Gasteiger partial charge < -0.3 is 14.8 Å². The van der Waals surface area contributed by atoms with Crippen LogP contribution in [0.2, 0.25) is 0 Å². The van der Waals surface area contributed by atoms with E-state index in [2.05, 4.69) is 15.8 Å². The minimum Gasteiger partial charge on any atom is -0.497 e. The molecule has 30 heavy (non-hydrogen) atoms. The number of benzene rings is 2. The lowest BCUT2D eigenvalue weighted by Gasteiger charge is -2.13. The van der Waals surface area contributed by atoms with Crippen LogP contribution in [0.4, 0.5) is 0 Å². The lowest BCUT2D eigenvalue weighted by Crippen LogP contribution is -2.40. The minimum absolute atomic E-state index is 0.0842. The molecule has 0 radical (unpaired) electrons. The molecule has 3 rings (SSSR count). The quantitative estimate of drug-likeness (QED) is 0.329. The lowest BCUT2D eigenvalue weighted by molar-refractivity contribution is 0.179. The fourth-order valence-corrected chi connectivity index (χ4v) is 3.13.